The van der Waals surface area contributed by atoms with E-state index in [0.717, 1.165) is 28.4 Å². The second kappa shape index (κ2) is 4.81. The Bertz CT molecular complexity index is 672. The summed E-state index contributed by atoms with van der Waals surface area (Å²) in [6.45, 7) is 6.49. The first-order valence-corrected chi connectivity index (χ1v) is 6.56. The highest BCUT2D eigenvalue weighted by molar-refractivity contribution is 6.33. The van der Waals surface area contributed by atoms with Crippen LogP contribution < -0.4 is 0 Å². The SMILES string of the molecule is Cc1cc(C)c(-c2nn(C)c(C(C)(F)F)c2Cl)nc1C. The van der Waals surface area contributed by atoms with Crippen molar-refractivity contribution in [3.05, 3.63) is 33.6 Å². The summed E-state index contributed by atoms with van der Waals surface area (Å²) in [6, 6.07) is 1.95. The number of hydrogen-bond acceptors (Lipinski definition) is 2. The maximum atomic E-state index is 13.6. The average Bonchev–Trinajstić information content (AvgIpc) is 2.58. The van der Waals surface area contributed by atoms with Crippen LogP contribution in [0.5, 0.6) is 0 Å². The van der Waals surface area contributed by atoms with E-state index in [2.05, 4.69) is 10.1 Å². The third kappa shape index (κ3) is 2.42. The van der Waals surface area contributed by atoms with Gasteiger partial charge in [-0.3, -0.25) is 9.67 Å². The van der Waals surface area contributed by atoms with Gasteiger partial charge >= 0.3 is 0 Å². The Morgan fingerprint density at radius 1 is 1.15 bits per heavy atom. The normalized spacial score (nSPS) is 12.0. The van der Waals surface area contributed by atoms with Gasteiger partial charge in [0.25, 0.3) is 5.92 Å². The van der Waals surface area contributed by atoms with Crippen molar-refractivity contribution in [3.8, 4) is 11.4 Å². The van der Waals surface area contributed by atoms with Crippen molar-refractivity contribution >= 4 is 11.6 Å². The zero-order valence-electron chi connectivity index (χ0n) is 12.1. The summed E-state index contributed by atoms with van der Waals surface area (Å²) in [5.41, 5.74) is 3.28. The van der Waals surface area contributed by atoms with Gasteiger partial charge in [-0.1, -0.05) is 17.7 Å². The largest absolute Gasteiger partial charge is 0.288 e. The van der Waals surface area contributed by atoms with Crippen molar-refractivity contribution in [2.45, 2.75) is 33.6 Å². The van der Waals surface area contributed by atoms with Gasteiger partial charge in [-0.15, -0.1) is 0 Å². The van der Waals surface area contributed by atoms with E-state index in [-0.39, 0.29) is 10.7 Å². The fourth-order valence-corrected chi connectivity index (χ4v) is 2.62. The summed E-state index contributed by atoms with van der Waals surface area (Å²) < 4.78 is 28.3. The topological polar surface area (TPSA) is 30.7 Å². The number of alkyl halides is 2. The molecule has 0 fully saturated rings. The number of aryl methyl sites for hydroxylation is 4. The molecule has 0 aliphatic heterocycles. The van der Waals surface area contributed by atoms with Crippen LogP contribution in [0.25, 0.3) is 11.4 Å². The van der Waals surface area contributed by atoms with E-state index in [4.69, 9.17) is 11.6 Å². The van der Waals surface area contributed by atoms with E-state index in [0.29, 0.717) is 11.4 Å². The van der Waals surface area contributed by atoms with Crippen LogP contribution in [0.4, 0.5) is 8.78 Å². The summed E-state index contributed by atoms with van der Waals surface area (Å²) in [5.74, 6) is -3.05. The molecular formula is C14H16ClF2N3. The molecule has 0 radical (unpaired) electrons. The van der Waals surface area contributed by atoms with Gasteiger partial charge in [-0.25, -0.2) is 0 Å². The lowest BCUT2D eigenvalue weighted by Crippen LogP contribution is -2.13. The van der Waals surface area contributed by atoms with Gasteiger partial charge in [0.2, 0.25) is 0 Å². The second-order valence-corrected chi connectivity index (χ2v) is 5.46. The second-order valence-electron chi connectivity index (χ2n) is 5.08. The molecule has 0 bridgehead atoms. The van der Waals surface area contributed by atoms with E-state index in [1.54, 1.807) is 0 Å². The van der Waals surface area contributed by atoms with Crippen LogP contribution in [-0.4, -0.2) is 14.8 Å². The fraction of sp³-hybridized carbons (Fsp3) is 0.429. The fourth-order valence-electron chi connectivity index (χ4n) is 2.21. The molecule has 3 nitrogen and oxygen atoms in total. The van der Waals surface area contributed by atoms with E-state index in [9.17, 15) is 8.78 Å². The standard InChI is InChI=1S/C14H16ClF2N3/c1-7-6-8(2)11(18-9(7)3)12-10(15)13(14(4,16)17)20(5)19-12/h6H,1-5H3. The Hall–Kier alpha value is -1.49. The van der Waals surface area contributed by atoms with Gasteiger partial charge < -0.3 is 0 Å². The Morgan fingerprint density at radius 3 is 2.25 bits per heavy atom. The lowest BCUT2D eigenvalue weighted by atomic mass is 10.1. The molecule has 0 atom stereocenters. The van der Waals surface area contributed by atoms with E-state index in [1.807, 2.05) is 26.8 Å². The number of pyridine rings is 1. The summed E-state index contributed by atoms with van der Waals surface area (Å²) in [7, 11) is 1.46. The number of rotatable bonds is 2. The molecule has 0 N–H and O–H groups in total. The van der Waals surface area contributed by atoms with E-state index >= 15 is 0 Å². The minimum Gasteiger partial charge on any atom is -0.264 e. The van der Waals surface area contributed by atoms with Crippen molar-refractivity contribution < 1.29 is 8.78 Å². The summed E-state index contributed by atoms with van der Waals surface area (Å²) in [4.78, 5) is 4.43. The predicted molar refractivity (Wildman–Crippen MR) is 75.2 cm³/mol. The Kier molecular flexibility index (Phi) is 3.58. The van der Waals surface area contributed by atoms with Crippen LogP contribution in [0.3, 0.4) is 0 Å². The molecule has 0 aromatic carbocycles. The summed E-state index contributed by atoms with van der Waals surface area (Å²) in [6.07, 6.45) is 0. The van der Waals surface area contributed by atoms with Crippen LogP contribution in [-0.2, 0) is 13.0 Å². The number of aromatic nitrogens is 3. The minimum absolute atomic E-state index is 0.0427. The van der Waals surface area contributed by atoms with Gasteiger partial charge in [-0.2, -0.15) is 13.9 Å². The molecule has 0 aliphatic carbocycles. The molecular weight excluding hydrogens is 284 g/mol. The third-order valence-electron chi connectivity index (χ3n) is 3.29. The Balaban J connectivity index is 2.70. The zero-order valence-corrected chi connectivity index (χ0v) is 12.8. The van der Waals surface area contributed by atoms with Crippen LogP contribution in [0.2, 0.25) is 5.02 Å². The molecule has 2 heterocycles. The van der Waals surface area contributed by atoms with E-state index < -0.39 is 5.92 Å². The van der Waals surface area contributed by atoms with Gasteiger partial charge in [0, 0.05) is 19.7 Å². The molecule has 2 rings (SSSR count). The smallest absolute Gasteiger partial charge is 0.264 e. The first-order chi connectivity index (χ1) is 9.12. The third-order valence-corrected chi connectivity index (χ3v) is 3.64. The van der Waals surface area contributed by atoms with Crippen molar-refractivity contribution in [2.24, 2.45) is 7.05 Å². The van der Waals surface area contributed by atoms with Crippen molar-refractivity contribution in [2.75, 3.05) is 0 Å². The number of hydrogen-bond donors (Lipinski definition) is 0. The summed E-state index contributed by atoms with van der Waals surface area (Å²) >= 11 is 6.11. The maximum Gasteiger partial charge on any atom is 0.288 e. The van der Waals surface area contributed by atoms with Gasteiger partial charge in [0.15, 0.2) is 0 Å². The highest BCUT2D eigenvalue weighted by atomic mass is 35.5. The molecule has 0 saturated heterocycles. The molecule has 2 aromatic heterocycles. The van der Waals surface area contributed by atoms with Gasteiger partial charge in [-0.05, 0) is 31.9 Å². The van der Waals surface area contributed by atoms with Crippen LogP contribution in [0.15, 0.2) is 6.07 Å². The molecule has 0 spiro atoms. The van der Waals surface area contributed by atoms with Crippen LogP contribution in [0, 0.1) is 20.8 Å². The van der Waals surface area contributed by atoms with Gasteiger partial charge in [0.1, 0.15) is 11.4 Å². The molecule has 20 heavy (non-hydrogen) atoms. The zero-order chi connectivity index (χ0) is 15.2. The highest BCUT2D eigenvalue weighted by Gasteiger charge is 2.34. The average molecular weight is 300 g/mol. The first kappa shape index (κ1) is 14.9. The molecule has 6 heteroatoms. The van der Waals surface area contributed by atoms with Crippen molar-refractivity contribution in [1.29, 1.82) is 0 Å². The molecule has 0 unspecified atom stereocenters. The molecule has 108 valence electrons. The maximum absolute atomic E-state index is 13.6. The number of nitrogens with zero attached hydrogens (tertiary/aromatic N) is 3. The highest BCUT2D eigenvalue weighted by Crippen LogP contribution is 2.38. The molecule has 0 saturated carbocycles. The quantitative estimate of drug-likeness (QED) is 0.833. The summed E-state index contributed by atoms with van der Waals surface area (Å²) in [5, 5.41) is 4.08. The first-order valence-electron chi connectivity index (χ1n) is 6.19. The van der Waals surface area contributed by atoms with E-state index in [1.165, 1.54) is 7.05 Å². The number of halogens is 3. The molecule has 0 amide bonds. The minimum atomic E-state index is -3.05. The lowest BCUT2D eigenvalue weighted by molar-refractivity contribution is 0.00895. The molecule has 0 aliphatic rings. The van der Waals surface area contributed by atoms with Crippen molar-refractivity contribution in [1.82, 2.24) is 14.8 Å². The Morgan fingerprint density at radius 2 is 1.75 bits per heavy atom. The monoisotopic (exact) mass is 299 g/mol. The van der Waals surface area contributed by atoms with Crippen LogP contribution >= 0.6 is 11.6 Å². The van der Waals surface area contributed by atoms with Crippen molar-refractivity contribution in [3.63, 3.8) is 0 Å². The van der Waals surface area contributed by atoms with Crippen LogP contribution in [0.1, 0.15) is 29.4 Å². The Labute approximate surface area is 121 Å². The molecule has 2 aromatic rings. The lowest BCUT2D eigenvalue weighted by Gasteiger charge is -2.10. The predicted octanol–water partition coefficient (Wildman–Crippen LogP) is 4.17. The van der Waals surface area contributed by atoms with Gasteiger partial charge in [0.05, 0.1) is 10.7 Å².